The molecule has 0 bridgehead atoms. The summed E-state index contributed by atoms with van der Waals surface area (Å²) >= 11 is 0. The van der Waals surface area contributed by atoms with E-state index in [1.54, 1.807) is 12.4 Å². The van der Waals surface area contributed by atoms with Gasteiger partial charge < -0.3 is 20.3 Å². The van der Waals surface area contributed by atoms with Gasteiger partial charge >= 0.3 is 0 Å². The average Bonchev–Trinajstić information content (AvgIpc) is 2.90. The molecule has 1 aliphatic heterocycles. The first-order chi connectivity index (χ1) is 10.1. The van der Waals surface area contributed by atoms with E-state index >= 15 is 0 Å². The molecule has 0 saturated carbocycles. The Morgan fingerprint density at radius 3 is 2.81 bits per heavy atom. The summed E-state index contributed by atoms with van der Waals surface area (Å²) < 4.78 is 5.32. The van der Waals surface area contributed by atoms with E-state index in [1.807, 2.05) is 31.1 Å². The van der Waals surface area contributed by atoms with Crippen molar-refractivity contribution in [1.29, 1.82) is 0 Å². The van der Waals surface area contributed by atoms with Gasteiger partial charge in [0.2, 0.25) is 5.91 Å². The smallest absolute Gasteiger partial charge is 0.230 e. The summed E-state index contributed by atoms with van der Waals surface area (Å²) in [6.07, 6.45) is 3.53. The van der Waals surface area contributed by atoms with E-state index in [4.69, 9.17) is 10.5 Å². The SMILES string of the molecule is CN(C)CCN(Cc1cccnc1)C(=O)C1COCC1N. The number of amides is 1. The number of carbonyl (C=O) groups excluding carboxylic acids is 1. The van der Waals surface area contributed by atoms with Gasteiger partial charge in [-0.2, -0.15) is 0 Å². The van der Waals surface area contributed by atoms with Gasteiger partial charge in [-0.25, -0.2) is 0 Å². The van der Waals surface area contributed by atoms with Crippen LogP contribution in [0.15, 0.2) is 24.5 Å². The lowest BCUT2D eigenvalue weighted by atomic mass is 10.0. The molecule has 116 valence electrons. The Labute approximate surface area is 125 Å². The molecule has 0 spiro atoms. The molecule has 6 nitrogen and oxygen atoms in total. The van der Waals surface area contributed by atoms with Gasteiger partial charge in [-0.3, -0.25) is 9.78 Å². The average molecular weight is 292 g/mol. The van der Waals surface area contributed by atoms with Crippen molar-refractivity contribution in [3.05, 3.63) is 30.1 Å². The van der Waals surface area contributed by atoms with Gasteiger partial charge in [-0.15, -0.1) is 0 Å². The highest BCUT2D eigenvalue weighted by Gasteiger charge is 2.34. The molecule has 0 radical (unpaired) electrons. The molecule has 0 aliphatic carbocycles. The minimum Gasteiger partial charge on any atom is -0.379 e. The second-order valence-electron chi connectivity index (χ2n) is 5.73. The number of rotatable bonds is 6. The molecule has 1 aliphatic rings. The Morgan fingerprint density at radius 2 is 2.24 bits per heavy atom. The zero-order valence-electron chi connectivity index (χ0n) is 12.7. The van der Waals surface area contributed by atoms with Crippen LogP contribution in [0, 0.1) is 5.92 Å². The summed E-state index contributed by atoms with van der Waals surface area (Å²) in [4.78, 5) is 20.7. The summed E-state index contributed by atoms with van der Waals surface area (Å²) in [6.45, 7) is 2.93. The van der Waals surface area contributed by atoms with Gasteiger partial charge in [0.1, 0.15) is 0 Å². The van der Waals surface area contributed by atoms with Crippen molar-refractivity contribution in [2.24, 2.45) is 11.7 Å². The maximum absolute atomic E-state index is 12.7. The Hall–Kier alpha value is -1.50. The topological polar surface area (TPSA) is 71.7 Å². The molecular formula is C15H24N4O2. The van der Waals surface area contributed by atoms with Crippen LogP contribution >= 0.6 is 0 Å². The summed E-state index contributed by atoms with van der Waals surface area (Å²) in [5.41, 5.74) is 7.00. The van der Waals surface area contributed by atoms with Gasteiger partial charge in [-0.1, -0.05) is 6.07 Å². The molecule has 2 unspecified atom stereocenters. The van der Waals surface area contributed by atoms with Crippen molar-refractivity contribution in [2.45, 2.75) is 12.6 Å². The Kier molecular flexibility index (Phi) is 5.67. The Balaban J connectivity index is 2.05. The van der Waals surface area contributed by atoms with Crippen LogP contribution in [0.2, 0.25) is 0 Å². The van der Waals surface area contributed by atoms with Crippen LogP contribution < -0.4 is 5.73 Å². The third kappa shape index (κ3) is 4.49. The third-order valence-corrected chi connectivity index (χ3v) is 3.67. The molecule has 21 heavy (non-hydrogen) atoms. The highest BCUT2D eigenvalue weighted by atomic mass is 16.5. The molecule has 2 heterocycles. The molecule has 0 aromatic carbocycles. The van der Waals surface area contributed by atoms with Crippen LogP contribution in [0.1, 0.15) is 5.56 Å². The van der Waals surface area contributed by atoms with E-state index in [9.17, 15) is 4.79 Å². The first-order valence-corrected chi connectivity index (χ1v) is 7.23. The number of hydrogen-bond acceptors (Lipinski definition) is 5. The second-order valence-corrected chi connectivity index (χ2v) is 5.73. The van der Waals surface area contributed by atoms with Crippen molar-refractivity contribution in [3.63, 3.8) is 0 Å². The zero-order chi connectivity index (χ0) is 15.2. The number of pyridine rings is 1. The van der Waals surface area contributed by atoms with Crippen LogP contribution in [0.4, 0.5) is 0 Å². The van der Waals surface area contributed by atoms with Crippen LogP contribution in [0.3, 0.4) is 0 Å². The predicted octanol–water partition coefficient (Wildman–Crippen LogP) is -0.0545. The van der Waals surface area contributed by atoms with Gasteiger partial charge in [-0.05, 0) is 25.7 Å². The fourth-order valence-electron chi connectivity index (χ4n) is 2.36. The van der Waals surface area contributed by atoms with Crippen molar-refractivity contribution in [2.75, 3.05) is 40.4 Å². The van der Waals surface area contributed by atoms with E-state index in [-0.39, 0.29) is 17.9 Å². The standard InChI is InChI=1S/C15H24N4O2/c1-18(2)6-7-19(9-12-4-3-5-17-8-12)15(20)13-10-21-11-14(13)16/h3-5,8,13-14H,6-7,9-11,16H2,1-2H3. The minimum atomic E-state index is -0.233. The molecule has 1 amide bonds. The van der Waals surface area contributed by atoms with Crippen molar-refractivity contribution in [1.82, 2.24) is 14.8 Å². The predicted molar refractivity (Wildman–Crippen MR) is 80.5 cm³/mol. The monoisotopic (exact) mass is 292 g/mol. The third-order valence-electron chi connectivity index (χ3n) is 3.67. The van der Waals surface area contributed by atoms with E-state index in [1.165, 1.54) is 0 Å². The van der Waals surface area contributed by atoms with E-state index in [0.29, 0.717) is 26.3 Å². The number of nitrogens with zero attached hydrogens (tertiary/aromatic N) is 3. The summed E-state index contributed by atoms with van der Waals surface area (Å²) in [5.74, 6) is -0.158. The fraction of sp³-hybridized carbons (Fsp3) is 0.600. The second kappa shape index (κ2) is 7.49. The number of carbonyl (C=O) groups is 1. The molecular weight excluding hydrogens is 268 g/mol. The van der Waals surface area contributed by atoms with Crippen LogP contribution in [-0.4, -0.2) is 67.1 Å². The maximum Gasteiger partial charge on any atom is 0.230 e. The number of nitrogens with two attached hydrogens (primary N) is 1. The quantitative estimate of drug-likeness (QED) is 0.795. The lowest BCUT2D eigenvalue weighted by Gasteiger charge is -2.27. The van der Waals surface area contributed by atoms with Crippen LogP contribution in [0.5, 0.6) is 0 Å². The molecule has 2 rings (SSSR count). The Bertz CT molecular complexity index is 452. The van der Waals surface area contributed by atoms with E-state index < -0.39 is 0 Å². The lowest BCUT2D eigenvalue weighted by molar-refractivity contribution is -0.136. The first-order valence-electron chi connectivity index (χ1n) is 7.23. The van der Waals surface area contributed by atoms with Gasteiger partial charge in [0.25, 0.3) is 0 Å². The highest BCUT2D eigenvalue weighted by molar-refractivity contribution is 5.80. The number of ether oxygens (including phenoxy) is 1. The van der Waals surface area contributed by atoms with Crippen molar-refractivity contribution >= 4 is 5.91 Å². The molecule has 6 heteroatoms. The van der Waals surface area contributed by atoms with Crippen LogP contribution in [0.25, 0.3) is 0 Å². The van der Waals surface area contributed by atoms with E-state index in [2.05, 4.69) is 9.88 Å². The molecule has 2 atom stereocenters. The molecule has 1 aromatic heterocycles. The van der Waals surface area contributed by atoms with E-state index in [0.717, 1.165) is 12.1 Å². The number of hydrogen-bond donors (Lipinski definition) is 1. The van der Waals surface area contributed by atoms with Gasteiger partial charge in [0, 0.05) is 38.1 Å². The molecule has 1 fully saturated rings. The summed E-state index contributed by atoms with van der Waals surface area (Å²) in [6, 6.07) is 3.66. The zero-order valence-corrected chi connectivity index (χ0v) is 12.7. The first kappa shape index (κ1) is 15.9. The minimum absolute atomic E-state index is 0.0747. The molecule has 2 N–H and O–H groups in total. The number of aromatic nitrogens is 1. The van der Waals surface area contributed by atoms with Gasteiger partial charge in [0.15, 0.2) is 0 Å². The summed E-state index contributed by atoms with van der Waals surface area (Å²) in [7, 11) is 3.99. The number of likely N-dealkylation sites (N-methyl/N-ethyl adjacent to an activating group) is 1. The maximum atomic E-state index is 12.7. The Morgan fingerprint density at radius 1 is 1.43 bits per heavy atom. The largest absolute Gasteiger partial charge is 0.379 e. The van der Waals surface area contributed by atoms with Crippen LogP contribution in [-0.2, 0) is 16.1 Å². The summed E-state index contributed by atoms with van der Waals surface area (Å²) in [5, 5.41) is 0. The van der Waals surface area contributed by atoms with Crippen molar-refractivity contribution < 1.29 is 9.53 Å². The lowest BCUT2D eigenvalue weighted by Crippen LogP contribution is -2.45. The van der Waals surface area contributed by atoms with Gasteiger partial charge in [0.05, 0.1) is 19.1 Å². The van der Waals surface area contributed by atoms with Crippen molar-refractivity contribution in [3.8, 4) is 0 Å². The normalized spacial score (nSPS) is 21.7. The fourth-order valence-corrected chi connectivity index (χ4v) is 2.36. The highest BCUT2D eigenvalue weighted by Crippen LogP contribution is 2.16. The molecule has 1 saturated heterocycles. The molecule has 1 aromatic rings.